The number of carbonyl (C=O) groups is 1. The SMILES string of the molecule is CC(C)c1ccc(C(N)CNC(=O)CSC2CCS(=O)(=O)C2)cc1.Cl. The summed E-state index contributed by atoms with van der Waals surface area (Å²) in [6.45, 7) is 4.66. The smallest absolute Gasteiger partial charge is 0.230 e. The standard InChI is InChI=1S/C17H26N2O3S2.ClH/c1-12(2)13-3-5-14(6-4-13)16(18)9-19-17(20)10-23-15-7-8-24(21,22)11-15;/h3-6,12,15-16H,7-11,18H2,1-2H3,(H,19,20);1H. The molecule has 1 amide bonds. The molecule has 0 bridgehead atoms. The van der Waals surface area contributed by atoms with Gasteiger partial charge in [0.1, 0.15) is 0 Å². The molecule has 0 saturated carbocycles. The van der Waals surface area contributed by atoms with Crippen molar-refractivity contribution in [1.29, 1.82) is 0 Å². The highest BCUT2D eigenvalue weighted by molar-refractivity contribution is 8.02. The third-order valence-corrected chi connectivity index (χ3v) is 7.47. The van der Waals surface area contributed by atoms with E-state index in [-0.39, 0.29) is 46.9 Å². The van der Waals surface area contributed by atoms with Crippen LogP contribution in [-0.2, 0) is 14.6 Å². The summed E-state index contributed by atoms with van der Waals surface area (Å²) in [6.07, 6.45) is 0.641. The molecule has 2 unspecified atom stereocenters. The van der Waals surface area contributed by atoms with Crippen LogP contribution < -0.4 is 11.1 Å². The van der Waals surface area contributed by atoms with E-state index in [1.807, 2.05) is 12.1 Å². The van der Waals surface area contributed by atoms with Crippen molar-refractivity contribution in [2.24, 2.45) is 5.73 Å². The molecule has 0 spiro atoms. The summed E-state index contributed by atoms with van der Waals surface area (Å²) >= 11 is 1.42. The molecule has 0 radical (unpaired) electrons. The van der Waals surface area contributed by atoms with Crippen molar-refractivity contribution < 1.29 is 13.2 Å². The minimum atomic E-state index is -2.89. The highest BCUT2D eigenvalue weighted by Gasteiger charge is 2.28. The van der Waals surface area contributed by atoms with E-state index in [2.05, 4.69) is 31.3 Å². The van der Waals surface area contributed by atoms with E-state index in [9.17, 15) is 13.2 Å². The topological polar surface area (TPSA) is 89.3 Å². The number of benzene rings is 1. The van der Waals surface area contributed by atoms with Crippen molar-refractivity contribution >= 4 is 39.9 Å². The summed E-state index contributed by atoms with van der Waals surface area (Å²) in [5.74, 6) is 1.08. The molecule has 1 saturated heterocycles. The number of sulfone groups is 1. The van der Waals surface area contributed by atoms with Gasteiger partial charge in [0, 0.05) is 17.8 Å². The normalized spacial score (nSPS) is 20.1. The van der Waals surface area contributed by atoms with Gasteiger partial charge in [-0.1, -0.05) is 38.1 Å². The van der Waals surface area contributed by atoms with Gasteiger partial charge in [0.05, 0.1) is 17.3 Å². The van der Waals surface area contributed by atoms with Crippen LogP contribution in [0.2, 0.25) is 0 Å². The number of thioether (sulfide) groups is 1. The fourth-order valence-electron chi connectivity index (χ4n) is 2.61. The van der Waals surface area contributed by atoms with Crippen LogP contribution in [0, 0.1) is 0 Å². The first-order valence-electron chi connectivity index (χ1n) is 8.21. The zero-order valence-electron chi connectivity index (χ0n) is 14.6. The monoisotopic (exact) mass is 406 g/mol. The number of hydrogen-bond donors (Lipinski definition) is 2. The van der Waals surface area contributed by atoms with Crippen LogP contribution in [0.15, 0.2) is 24.3 Å². The van der Waals surface area contributed by atoms with Gasteiger partial charge in [-0.2, -0.15) is 0 Å². The molecule has 25 heavy (non-hydrogen) atoms. The van der Waals surface area contributed by atoms with Gasteiger partial charge < -0.3 is 11.1 Å². The number of amides is 1. The Morgan fingerprint density at radius 3 is 2.40 bits per heavy atom. The Bertz CT molecular complexity index is 663. The molecule has 142 valence electrons. The molecule has 2 atom stereocenters. The van der Waals surface area contributed by atoms with Crippen molar-refractivity contribution in [2.75, 3.05) is 23.8 Å². The van der Waals surface area contributed by atoms with Crippen LogP contribution in [0.3, 0.4) is 0 Å². The van der Waals surface area contributed by atoms with Crippen LogP contribution in [0.1, 0.15) is 43.4 Å². The minimum Gasteiger partial charge on any atom is -0.353 e. The molecule has 1 fully saturated rings. The Balaban J connectivity index is 0.00000312. The van der Waals surface area contributed by atoms with E-state index >= 15 is 0 Å². The average molecular weight is 407 g/mol. The Morgan fingerprint density at radius 1 is 1.28 bits per heavy atom. The average Bonchev–Trinajstić information content (AvgIpc) is 2.89. The lowest BCUT2D eigenvalue weighted by Crippen LogP contribution is -2.33. The summed E-state index contributed by atoms with van der Waals surface area (Å²) in [5, 5.41) is 2.87. The maximum Gasteiger partial charge on any atom is 0.230 e. The highest BCUT2D eigenvalue weighted by atomic mass is 35.5. The number of nitrogens with one attached hydrogen (secondary N) is 1. The minimum absolute atomic E-state index is 0. The zero-order chi connectivity index (χ0) is 17.7. The van der Waals surface area contributed by atoms with Gasteiger partial charge in [-0.25, -0.2) is 8.42 Å². The van der Waals surface area contributed by atoms with Crippen LogP contribution in [-0.4, -0.2) is 43.4 Å². The summed E-state index contributed by atoms with van der Waals surface area (Å²) in [7, 11) is -2.89. The largest absolute Gasteiger partial charge is 0.353 e. The first-order chi connectivity index (χ1) is 11.3. The molecule has 0 aromatic heterocycles. The molecule has 3 N–H and O–H groups in total. The summed E-state index contributed by atoms with van der Waals surface area (Å²) in [6, 6.07) is 7.90. The maximum atomic E-state index is 11.9. The van der Waals surface area contributed by atoms with Crippen molar-refractivity contribution in [2.45, 2.75) is 37.5 Å². The third kappa shape index (κ3) is 7.17. The van der Waals surface area contributed by atoms with E-state index in [1.54, 1.807) is 0 Å². The number of rotatable bonds is 7. The van der Waals surface area contributed by atoms with Gasteiger partial charge in [0.25, 0.3) is 0 Å². The Morgan fingerprint density at radius 2 is 1.88 bits per heavy atom. The Labute approximate surface area is 160 Å². The first-order valence-corrected chi connectivity index (χ1v) is 11.1. The molecule has 8 heteroatoms. The summed E-state index contributed by atoms with van der Waals surface area (Å²) < 4.78 is 22.8. The van der Waals surface area contributed by atoms with E-state index in [1.165, 1.54) is 17.3 Å². The third-order valence-electron chi connectivity index (χ3n) is 4.19. The van der Waals surface area contributed by atoms with Gasteiger partial charge in [0.15, 0.2) is 9.84 Å². The van der Waals surface area contributed by atoms with Crippen molar-refractivity contribution in [3.05, 3.63) is 35.4 Å². The molecule has 1 aliphatic heterocycles. The summed E-state index contributed by atoms with van der Waals surface area (Å²) in [4.78, 5) is 11.9. The van der Waals surface area contributed by atoms with Crippen molar-refractivity contribution in [1.82, 2.24) is 5.32 Å². The predicted octanol–water partition coefficient (Wildman–Crippen LogP) is 2.27. The molecule has 2 rings (SSSR count). The number of halogens is 1. The second kappa shape index (κ2) is 9.80. The van der Waals surface area contributed by atoms with Crippen LogP contribution >= 0.6 is 24.2 Å². The summed E-state index contributed by atoms with van der Waals surface area (Å²) in [5.41, 5.74) is 8.38. The lowest BCUT2D eigenvalue weighted by atomic mass is 9.99. The molecule has 1 aromatic carbocycles. The van der Waals surface area contributed by atoms with Gasteiger partial charge in [-0.15, -0.1) is 24.2 Å². The second-order valence-corrected chi connectivity index (χ2v) is 10.1. The maximum absolute atomic E-state index is 11.9. The molecule has 1 heterocycles. The highest BCUT2D eigenvalue weighted by Crippen LogP contribution is 2.24. The Hall–Kier alpha value is -0.760. The van der Waals surface area contributed by atoms with Gasteiger partial charge in [-0.3, -0.25) is 4.79 Å². The molecule has 1 aliphatic rings. The second-order valence-electron chi connectivity index (χ2n) is 6.57. The quantitative estimate of drug-likeness (QED) is 0.724. The fraction of sp³-hybridized carbons (Fsp3) is 0.588. The van der Waals surface area contributed by atoms with Gasteiger partial charge in [-0.05, 0) is 23.5 Å². The van der Waals surface area contributed by atoms with Crippen molar-refractivity contribution in [3.8, 4) is 0 Å². The number of nitrogens with two attached hydrogens (primary N) is 1. The zero-order valence-corrected chi connectivity index (χ0v) is 17.1. The van der Waals surface area contributed by atoms with E-state index in [0.29, 0.717) is 18.9 Å². The number of hydrogen-bond acceptors (Lipinski definition) is 5. The molecular weight excluding hydrogens is 380 g/mol. The lowest BCUT2D eigenvalue weighted by molar-refractivity contribution is -0.118. The lowest BCUT2D eigenvalue weighted by Gasteiger charge is -2.15. The van der Waals surface area contributed by atoms with Crippen molar-refractivity contribution in [3.63, 3.8) is 0 Å². The number of carbonyl (C=O) groups excluding carboxylic acids is 1. The molecule has 1 aromatic rings. The van der Waals surface area contributed by atoms with Gasteiger partial charge in [0.2, 0.25) is 5.91 Å². The van der Waals surface area contributed by atoms with Crippen LogP contribution in [0.25, 0.3) is 0 Å². The van der Waals surface area contributed by atoms with Crippen LogP contribution in [0.4, 0.5) is 0 Å². The van der Waals surface area contributed by atoms with Gasteiger partial charge >= 0.3 is 0 Å². The molecule has 0 aliphatic carbocycles. The fourth-order valence-corrected chi connectivity index (χ4v) is 6.08. The predicted molar refractivity (Wildman–Crippen MR) is 107 cm³/mol. The molecule has 5 nitrogen and oxygen atoms in total. The van der Waals surface area contributed by atoms with Crippen LogP contribution in [0.5, 0.6) is 0 Å². The van der Waals surface area contributed by atoms with E-state index in [0.717, 1.165) is 5.56 Å². The van der Waals surface area contributed by atoms with E-state index < -0.39 is 9.84 Å². The molecular formula is C17H27ClN2O3S2. The Kier molecular flexibility index (Phi) is 8.74. The van der Waals surface area contributed by atoms with E-state index in [4.69, 9.17) is 5.73 Å². The first kappa shape index (κ1) is 22.3.